The van der Waals surface area contributed by atoms with Crippen molar-refractivity contribution in [3.05, 3.63) is 84.1 Å². The number of hydrogen-bond donors (Lipinski definition) is 2. The molecule has 3 aromatic carbocycles. The number of carbonyl (C=O) groups is 2. The number of benzene rings is 3. The van der Waals surface area contributed by atoms with E-state index in [2.05, 4.69) is 23.3 Å². The van der Waals surface area contributed by atoms with Crippen molar-refractivity contribution in [3.63, 3.8) is 0 Å². The normalized spacial score (nSPS) is 13.6. The molecule has 1 aliphatic heterocycles. The maximum Gasteiger partial charge on any atom is 0.324 e. The monoisotopic (exact) mass is 485 g/mol. The molecule has 0 aliphatic carbocycles. The number of morpholine rings is 1. The number of anilines is 1. The third-order valence-electron chi connectivity index (χ3n) is 6.43. The molecule has 3 amide bonds. The number of ether oxygens (including phenoxy) is 1. The molecule has 9 heteroatoms. The minimum Gasteiger partial charge on any atom is -0.378 e. The van der Waals surface area contributed by atoms with E-state index in [-0.39, 0.29) is 6.03 Å². The van der Waals surface area contributed by atoms with E-state index >= 15 is 0 Å². The molecule has 0 spiro atoms. The standard InChI is InChI=1S/C27H27N5O4/c1-30-25-16-22(6-7-23(25)17-28-30)20-8-10-24(11-9-20)32(27(34)31-12-14-36-15-13-31)18-19-2-4-21(5-3-19)26(33)29-35/h2-11,16-17,35H,12-15,18H2,1H3,(H,29,33). The van der Waals surface area contributed by atoms with Gasteiger partial charge in [0.05, 0.1) is 31.5 Å². The minimum atomic E-state index is -0.581. The number of fused-ring (bicyclic) bond motifs is 1. The Bertz CT molecular complexity index is 1380. The van der Waals surface area contributed by atoms with Crippen LogP contribution in [0.1, 0.15) is 15.9 Å². The third kappa shape index (κ3) is 4.79. The van der Waals surface area contributed by atoms with Gasteiger partial charge in [-0.05, 0) is 47.0 Å². The summed E-state index contributed by atoms with van der Waals surface area (Å²) in [5.74, 6) is -0.581. The number of carbonyl (C=O) groups excluding carboxylic acids is 2. The maximum atomic E-state index is 13.5. The van der Waals surface area contributed by atoms with Gasteiger partial charge in [0.1, 0.15) is 0 Å². The van der Waals surface area contributed by atoms with Gasteiger partial charge >= 0.3 is 6.03 Å². The second-order valence-electron chi connectivity index (χ2n) is 8.69. The molecule has 184 valence electrons. The van der Waals surface area contributed by atoms with Gasteiger partial charge in [-0.25, -0.2) is 10.3 Å². The lowest BCUT2D eigenvalue weighted by Gasteiger charge is -2.33. The highest BCUT2D eigenvalue weighted by Crippen LogP contribution is 2.28. The fourth-order valence-electron chi connectivity index (χ4n) is 4.36. The summed E-state index contributed by atoms with van der Waals surface area (Å²) >= 11 is 0. The highest BCUT2D eigenvalue weighted by molar-refractivity contribution is 5.94. The predicted octanol–water partition coefficient (Wildman–Crippen LogP) is 3.82. The third-order valence-corrected chi connectivity index (χ3v) is 6.43. The Balaban J connectivity index is 1.43. The lowest BCUT2D eigenvalue weighted by Crippen LogP contribution is -2.48. The van der Waals surface area contributed by atoms with E-state index in [0.717, 1.165) is 33.3 Å². The van der Waals surface area contributed by atoms with E-state index in [0.29, 0.717) is 38.4 Å². The molecular formula is C27H27N5O4. The molecule has 0 unspecified atom stereocenters. The van der Waals surface area contributed by atoms with E-state index in [1.54, 1.807) is 39.5 Å². The van der Waals surface area contributed by atoms with Gasteiger partial charge in [-0.2, -0.15) is 5.10 Å². The van der Waals surface area contributed by atoms with Crippen LogP contribution in [0.15, 0.2) is 72.9 Å². The summed E-state index contributed by atoms with van der Waals surface area (Å²) < 4.78 is 7.27. The van der Waals surface area contributed by atoms with Gasteiger partial charge in [0.25, 0.3) is 5.91 Å². The second kappa shape index (κ2) is 10.2. The topological polar surface area (TPSA) is 99.9 Å². The fraction of sp³-hybridized carbons (Fsp3) is 0.222. The first-order valence-electron chi connectivity index (χ1n) is 11.7. The molecule has 4 aromatic rings. The molecular weight excluding hydrogens is 458 g/mol. The SMILES string of the molecule is Cn1ncc2ccc(-c3ccc(N(Cc4ccc(C(=O)NO)cc4)C(=O)N4CCOCC4)cc3)cc21. The zero-order chi connectivity index (χ0) is 25.1. The molecule has 9 nitrogen and oxygen atoms in total. The Labute approximate surface area is 208 Å². The molecule has 0 atom stereocenters. The Morgan fingerprint density at radius 2 is 1.69 bits per heavy atom. The fourth-order valence-corrected chi connectivity index (χ4v) is 4.36. The maximum absolute atomic E-state index is 13.5. The van der Waals surface area contributed by atoms with Crippen molar-refractivity contribution in [2.75, 3.05) is 31.2 Å². The summed E-state index contributed by atoms with van der Waals surface area (Å²) in [6, 6.07) is 20.9. The Hall–Kier alpha value is -4.21. The zero-order valence-corrected chi connectivity index (χ0v) is 19.9. The lowest BCUT2D eigenvalue weighted by atomic mass is 10.0. The van der Waals surface area contributed by atoms with Crippen LogP contribution in [0, 0.1) is 0 Å². The smallest absolute Gasteiger partial charge is 0.324 e. The molecule has 36 heavy (non-hydrogen) atoms. The van der Waals surface area contributed by atoms with E-state index in [4.69, 9.17) is 9.94 Å². The van der Waals surface area contributed by atoms with Crippen molar-refractivity contribution in [1.82, 2.24) is 20.2 Å². The van der Waals surface area contributed by atoms with Gasteiger partial charge in [-0.3, -0.25) is 19.6 Å². The molecule has 0 saturated carbocycles. The largest absolute Gasteiger partial charge is 0.378 e. The number of urea groups is 1. The van der Waals surface area contributed by atoms with Gasteiger partial charge in [0.15, 0.2) is 0 Å². The average molecular weight is 486 g/mol. The number of rotatable bonds is 5. The number of nitrogens with one attached hydrogen (secondary N) is 1. The van der Waals surface area contributed by atoms with Gasteiger partial charge in [0, 0.05) is 36.8 Å². The van der Waals surface area contributed by atoms with Crippen molar-refractivity contribution in [2.24, 2.45) is 7.05 Å². The number of hydrogen-bond acceptors (Lipinski definition) is 5. The second-order valence-corrected chi connectivity index (χ2v) is 8.69. The number of nitrogens with zero attached hydrogens (tertiary/aromatic N) is 4. The molecule has 5 rings (SSSR count). The first-order chi connectivity index (χ1) is 17.5. The summed E-state index contributed by atoms with van der Waals surface area (Å²) in [5.41, 5.74) is 6.76. The molecule has 2 heterocycles. The van der Waals surface area contributed by atoms with Crippen molar-refractivity contribution in [3.8, 4) is 11.1 Å². The van der Waals surface area contributed by atoms with Crippen LogP contribution < -0.4 is 10.4 Å². The molecule has 0 radical (unpaired) electrons. The van der Waals surface area contributed by atoms with Crippen LogP contribution in [0.5, 0.6) is 0 Å². The first-order valence-corrected chi connectivity index (χ1v) is 11.7. The Kier molecular flexibility index (Phi) is 6.66. The number of aromatic nitrogens is 2. The zero-order valence-electron chi connectivity index (χ0n) is 19.9. The lowest BCUT2D eigenvalue weighted by molar-refractivity contribution is 0.0548. The van der Waals surface area contributed by atoms with Crippen LogP contribution >= 0.6 is 0 Å². The van der Waals surface area contributed by atoms with E-state index < -0.39 is 5.91 Å². The van der Waals surface area contributed by atoms with E-state index in [9.17, 15) is 9.59 Å². The quantitative estimate of drug-likeness (QED) is 0.331. The van der Waals surface area contributed by atoms with Gasteiger partial charge in [0.2, 0.25) is 0 Å². The average Bonchev–Trinajstić information content (AvgIpc) is 3.31. The summed E-state index contributed by atoms with van der Waals surface area (Å²) in [4.78, 5) is 28.7. The van der Waals surface area contributed by atoms with Gasteiger partial charge in [-0.1, -0.05) is 36.4 Å². The first kappa shape index (κ1) is 23.5. The summed E-state index contributed by atoms with van der Waals surface area (Å²) in [5, 5.41) is 14.3. The summed E-state index contributed by atoms with van der Waals surface area (Å²) in [7, 11) is 1.92. The van der Waals surface area contributed by atoms with Crippen molar-refractivity contribution in [2.45, 2.75) is 6.54 Å². The van der Waals surface area contributed by atoms with Crippen molar-refractivity contribution in [1.29, 1.82) is 0 Å². The van der Waals surface area contributed by atoms with Crippen LogP contribution in [-0.2, 0) is 18.3 Å². The highest BCUT2D eigenvalue weighted by Gasteiger charge is 2.24. The number of hydroxylamine groups is 1. The van der Waals surface area contributed by atoms with Gasteiger partial charge < -0.3 is 9.64 Å². The van der Waals surface area contributed by atoms with Crippen LogP contribution in [-0.4, -0.2) is 58.1 Å². The van der Waals surface area contributed by atoms with Crippen LogP contribution in [0.25, 0.3) is 22.0 Å². The van der Waals surface area contributed by atoms with E-state index in [1.165, 1.54) is 0 Å². The Morgan fingerprint density at radius 3 is 2.39 bits per heavy atom. The summed E-state index contributed by atoms with van der Waals surface area (Å²) in [6.45, 7) is 2.43. The predicted molar refractivity (Wildman–Crippen MR) is 136 cm³/mol. The number of amides is 3. The Morgan fingerprint density at radius 1 is 1.00 bits per heavy atom. The van der Waals surface area contributed by atoms with E-state index in [1.807, 2.05) is 42.2 Å². The molecule has 2 N–H and O–H groups in total. The van der Waals surface area contributed by atoms with Gasteiger partial charge in [-0.15, -0.1) is 0 Å². The van der Waals surface area contributed by atoms with Crippen molar-refractivity contribution < 1.29 is 19.5 Å². The van der Waals surface area contributed by atoms with Crippen LogP contribution in [0.2, 0.25) is 0 Å². The molecule has 1 saturated heterocycles. The molecule has 1 aliphatic rings. The van der Waals surface area contributed by atoms with Crippen LogP contribution in [0.4, 0.5) is 10.5 Å². The minimum absolute atomic E-state index is 0.0977. The molecule has 1 aromatic heterocycles. The number of aryl methyl sites for hydroxylation is 1. The van der Waals surface area contributed by atoms with Crippen LogP contribution in [0.3, 0.4) is 0 Å². The highest BCUT2D eigenvalue weighted by atomic mass is 16.5. The summed E-state index contributed by atoms with van der Waals surface area (Å²) in [6.07, 6.45) is 1.85. The molecule has 1 fully saturated rings. The van der Waals surface area contributed by atoms with Crippen molar-refractivity contribution >= 4 is 28.5 Å². The molecule has 0 bridgehead atoms.